The summed E-state index contributed by atoms with van der Waals surface area (Å²) in [6.45, 7) is 9.49. The molecule has 2 nitrogen and oxygen atoms in total. The number of fused-ring (bicyclic) bond motifs is 1. The zero-order chi connectivity index (χ0) is 16.3. The van der Waals surface area contributed by atoms with Gasteiger partial charge < -0.3 is 9.64 Å². The molecule has 122 valence electrons. The van der Waals surface area contributed by atoms with Gasteiger partial charge in [-0.2, -0.15) is 0 Å². The zero-order valence-electron chi connectivity index (χ0n) is 14.5. The molecule has 0 atom stereocenters. The van der Waals surface area contributed by atoms with Crippen molar-refractivity contribution in [1.82, 2.24) is 0 Å². The van der Waals surface area contributed by atoms with Crippen LogP contribution in [0.1, 0.15) is 38.3 Å². The maximum absolute atomic E-state index is 5.95. The highest BCUT2D eigenvalue weighted by Crippen LogP contribution is 2.27. The summed E-state index contributed by atoms with van der Waals surface area (Å²) in [5.74, 6) is 0.961. The second-order valence-electron chi connectivity index (χ2n) is 7.34. The quantitative estimate of drug-likeness (QED) is 0.803. The molecule has 0 radical (unpaired) electrons. The van der Waals surface area contributed by atoms with E-state index in [-0.39, 0.29) is 5.41 Å². The topological polar surface area (TPSA) is 12.5 Å². The molecule has 23 heavy (non-hydrogen) atoms. The average molecular weight is 309 g/mol. The average Bonchev–Trinajstić information content (AvgIpc) is 2.55. The van der Waals surface area contributed by atoms with Crippen molar-refractivity contribution in [3.8, 4) is 5.75 Å². The highest BCUT2D eigenvalue weighted by Gasteiger charge is 2.16. The van der Waals surface area contributed by atoms with Gasteiger partial charge in [0.1, 0.15) is 12.4 Å². The first-order valence-corrected chi connectivity index (χ1v) is 8.60. The van der Waals surface area contributed by atoms with Gasteiger partial charge in [0.15, 0.2) is 0 Å². The summed E-state index contributed by atoms with van der Waals surface area (Å²) in [6.07, 6.45) is 2.43. The van der Waals surface area contributed by atoms with Gasteiger partial charge in [-0.3, -0.25) is 0 Å². The van der Waals surface area contributed by atoms with Crippen LogP contribution < -0.4 is 9.64 Å². The van der Waals surface area contributed by atoms with Gasteiger partial charge in [-0.25, -0.2) is 0 Å². The van der Waals surface area contributed by atoms with Crippen LogP contribution in [0.3, 0.4) is 0 Å². The molecule has 0 spiro atoms. The van der Waals surface area contributed by atoms with Crippen LogP contribution in [0.2, 0.25) is 0 Å². The highest BCUT2D eigenvalue weighted by molar-refractivity contribution is 5.55. The molecule has 0 N–H and O–H groups in total. The van der Waals surface area contributed by atoms with Crippen molar-refractivity contribution in [2.75, 3.05) is 24.6 Å². The molecule has 0 unspecified atom stereocenters. The molecule has 0 saturated heterocycles. The number of hydrogen-bond acceptors (Lipinski definition) is 2. The van der Waals surface area contributed by atoms with Crippen molar-refractivity contribution in [3.05, 3.63) is 59.7 Å². The fraction of sp³-hybridized carbons (Fsp3) is 0.429. The highest BCUT2D eigenvalue weighted by atomic mass is 16.5. The Morgan fingerprint density at radius 1 is 1.00 bits per heavy atom. The SMILES string of the molecule is CC(C)(C)c1ccc(OCCN2CCCc3ccccc32)cc1. The summed E-state index contributed by atoms with van der Waals surface area (Å²) in [7, 11) is 0. The first-order chi connectivity index (χ1) is 11.0. The monoisotopic (exact) mass is 309 g/mol. The van der Waals surface area contributed by atoms with E-state index >= 15 is 0 Å². The molecule has 1 heterocycles. The lowest BCUT2D eigenvalue weighted by atomic mass is 9.87. The molecule has 2 aromatic rings. The van der Waals surface area contributed by atoms with Crippen LogP contribution in [-0.2, 0) is 11.8 Å². The largest absolute Gasteiger partial charge is 0.492 e. The summed E-state index contributed by atoms with van der Waals surface area (Å²) >= 11 is 0. The third-order valence-corrected chi connectivity index (χ3v) is 4.56. The van der Waals surface area contributed by atoms with Crippen LogP contribution in [0.25, 0.3) is 0 Å². The van der Waals surface area contributed by atoms with E-state index in [0.717, 1.165) is 25.4 Å². The van der Waals surface area contributed by atoms with Gasteiger partial charge in [-0.15, -0.1) is 0 Å². The number of anilines is 1. The summed E-state index contributed by atoms with van der Waals surface area (Å²) < 4.78 is 5.95. The van der Waals surface area contributed by atoms with Crippen LogP contribution in [0, 0.1) is 0 Å². The first kappa shape index (κ1) is 15.9. The minimum Gasteiger partial charge on any atom is -0.492 e. The van der Waals surface area contributed by atoms with Crippen molar-refractivity contribution >= 4 is 5.69 Å². The van der Waals surface area contributed by atoms with Crippen LogP contribution in [0.5, 0.6) is 5.75 Å². The molecule has 0 bridgehead atoms. The molecule has 0 aromatic heterocycles. The van der Waals surface area contributed by atoms with E-state index in [2.05, 4.69) is 74.2 Å². The summed E-state index contributed by atoms with van der Waals surface area (Å²) in [5, 5.41) is 0. The smallest absolute Gasteiger partial charge is 0.119 e. The number of hydrogen-bond donors (Lipinski definition) is 0. The Hall–Kier alpha value is -1.96. The maximum Gasteiger partial charge on any atom is 0.119 e. The van der Waals surface area contributed by atoms with E-state index in [1.54, 1.807) is 0 Å². The predicted octanol–water partition coefficient (Wildman–Crippen LogP) is 4.82. The lowest BCUT2D eigenvalue weighted by Gasteiger charge is -2.31. The molecule has 0 aliphatic carbocycles. The molecular weight excluding hydrogens is 282 g/mol. The molecule has 2 aromatic carbocycles. The van der Waals surface area contributed by atoms with Crippen molar-refractivity contribution < 1.29 is 4.74 Å². The third-order valence-electron chi connectivity index (χ3n) is 4.56. The standard InChI is InChI=1S/C21H27NO/c1-21(2,3)18-10-12-19(13-11-18)23-16-15-22-14-6-8-17-7-4-5-9-20(17)22/h4-5,7,9-13H,6,8,14-16H2,1-3H3. The lowest BCUT2D eigenvalue weighted by Crippen LogP contribution is -2.33. The number of aryl methyl sites for hydroxylation is 1. The molecule has 0 fully saturated rings. The van der Waals surface area contributed by atoms with Crippen LogP contribution >= 0.6 is 0 Å². The summed E-state index contributed by atoms with van der Waals surface area (Å²) in [5.41, 5.74) is 4.38. The first-order valence-electron chi connectivity index (χ1n) is 8.60. The third kappa shape index (κ3) is 3.87. The number of nitrogens with zero attached hydrogens (tertiary/aromatic N) is 1. The van der Waals surface area contributed by atoms with Gasteiger partial charge in [0.2, 0.25) is 0 Å². The van der Waals surface area contributed by atoms with Crippen molar-refractivity contribution in [3.63, 3.8) is 0 Å². The molecular formula is C21H27NO. The van der Waals surface area contributed by atoms with E-state index < -0.39 is 0 Å². The van der Waals surface area contributed by atoms with E-state index in [1.165, 1.54) is 29.7 Å². The maximum atomic E-state index is 5.95. The Bertz CT molecular complexity index is 640. The van der Waals surface area contributed by atoms with Gasteiger partial charge in [0.05, 0.1) is 6.54 Å². The predicted molar refractivity (Wildman–Crippen MR) is 97.6 cm³/mol. The summed E-state index contributed by atoms with van der Waals surface area (Å²) in [4.78, 5) is 2.45. The van der Waals surface area contributed by atoms with Crippen LogP contribution in [-0.4, -0.2) is 19.7 Å². The molecule has 3 rings (SSSR count). The normalized spacial score (nSPS) is 14.5. The molecule has 2 heteroatoms. The second kappa shape index (κ2) is 6.66. The minimum absolute atomic E-state index is 0.191. The fourth-order valence-corrected chi connectivity index (χ4v) is 3.17. The van der Waals surface area contributed by atoms with Gasteiger partial charge in [0, 0.05) is 12.2 Å². The van der Waals surface area contributed by atoms with Gasteiger partial charge >= 0.3 is 0 Å². The van der Waals surface area contributed by atoms with E-state index in [9.17, 15) is 0 Å². The van der Waals surface area contributed by atoms with Crippen molar-refractivity contribution in [1.29, 1.82) is 0 Å². The van der Waals surface area contributed by atoms with Crippen LogP contribution in [0.4, 0.5) is 5.69 Å². The fourth-order valence-electron chi connectivity index (χ4n) is 3.17. The molecule has 1 aliphatic rings. The Morgan fingerprint density at radius 3 is 2.48 bits per heavy atom. The number of para-hydroxylation sites is 1. The van der Waals surface area contributed by atoms with Crippen molar-refractivity contribution in [2.24, 2.45) is 0 Å². The van der Waals surface area contributed by atoms with Gasteiger partial charge in [0.25, 0.3) is 0 Å². The van der Waals surface area contributed by atoms with E-state index in [1.807, 2.05) is 0 Å². The number of ether oxygens (including phenoxy) is 1. The molecule has 0 saturated carbocycles. The number of benzene rings is 2. The van der Waals surface area contributed by atoms with Gasteiger partial charge in [-0.1, -0.05) is 51.1 Å². The van der Waals surface area contributed by atoms with E-state index in [4.69, 9.17) is 4.74 Å². The Morgan fingerprint density at radius 2 is 1.74 bits per heavy atom. The van der Waals surface area contributed by atoms with Gasteiger partial charge in [-0.05, 0) is 47.6 Å². The molecule has 0 amide bonds. The Balaban J connectivity index is 1.56. The Kier molecular flexibility index (Phi) is 4.61. The van der Waals surface area contributed by atoms with E-state index in [0.29, 0.717) is 0 Å². The minimum atomic E-state index is 0.191. The molecule has 1 aliphatic heterocycles. The zero-order valence-corrected chi connectivity index (χ0v) is 14.5. The summed E-state index contributed by atoms with van der Waals surface area (Å²) in [6, 6.07) is 17.3. The Labute approximate surface area is 140 Å². The van der Waals surface area contributed by atoms with Crippen molar-refractivity contribution in [2.45, 2.75) is 39.0 Å². The van der Waals surface area contributed by atoms with Crippen LogP contribution in [0.15, 0.2) is 48.5 Å². The lowest BCUT2D eigenvalue weighted by molar-refractivity contribution is 0.322. The number of rotatable bonds is 4. The second-order valence-corrected chi connectivity index (χ2v) is 7.34.